The molecule has 8 nitrogen and oxygen atoms in total. The number of benzene rings is 15. The molecule has 612 valence electrons. The second-order valence-electron chi connectivity index (χ2n) is 33.2. The summed E-state index contributed by atoms with van der Waals surface area (Å²) in [5.74, 6) is 2.79. The minimum atomic E-state index is -4.55. The van der Waals surface area contributed by atoms with Crippen LogP contribution in [0.2, 0.25) is 0 Å². The van der Waals surface area contributed by atoms with Gasteiger partial charge in [0.2, 0.25) is 0 Å². The molecule has 4 heterocycles. The van der Waals surface area contributed by atoms with Crippen LogP contribution < -0.4 is 15.8 Å². The number of aryl methyl sites for hydroxylation is 7. The predicted molar refractivity (Wildman–Crippen MR) is 502 cm³/mol. The fraction of sp³-hybridized carbons (Fsp3) is 0.0982. The van der Waals surface area contributed by atoms with E-state index in [2.05, 4.69) is 221 Å². The average molecular weight is 1650 g/mol. The molecule has 18 aromatic rings. The van der Waals surface area contributed by atoms with E-state index in [4.69, 9.17) is 24.9 Å². The molecule has 14 heteroatoms. The van der Waals surface area contributed by atoms with Gasteiger partial charge in [0.25, 0.3) is 0 Å². The van der Waals surface area contributed by atoms with Crippen LogP contribution in [-0.4, -0.2) is 41.9 Å². The number of alkyl halides is 6. The van der Waals surface area contributed by atoms with Gasteiger partial charge in [0.15, 0.2) is 23.3 Å². The molecule has 0 saturated heterocycles. The van der Waals surface area contributed by atoms with Gasteiger partial charge >= 0.3 is 12.4 Å². The molecule has 3 aromatic heterocycles. The molecular formula is C112H82F6N8. The quantitative estimate of drug-likeness (QED) is 0.110. The van der Waals surface area contributed by atoms with E-state index < -0.39 is 23.5 Å². The Kier molecular flexibility index (Phi) is 20.1. The average Bonchev–Trinajstić information content (AvgIpc) is 1.57. The van der Waals surface area contributed by atoms with Gasteiger partial charge < -0.3 is 14.5 Å². The van der Waals surface area contributed by atoms with Gasteiger partial charge in [0, 0.05) is 66.0 Å². The lowest BCUT2D eigenvalue weighted by molar-refractivity contribution is -0.137. The smallest absolute Gasteiger partial charge is 0.324 e. The minimum absolute atomic E-state index is 0.0476. The molecule has 0 radical (unpaired) electrons. The molecule has 0 bridgehead atoms. The zero-order chi connectivity index (χ0) is 86.4. The predicted octanol–water partition coefficient (Wildman–Crippen LogP) is 27.3. The minimum Gasteiger partial charge on any atom is -0.324 e. The van der Waals surface area contributed by atoms with Gasteiger partial charge in [0.05, 0.1) is 33.2 Å². The number of nitrogens with zero attached hydrogens (tertiary/aromatic N) is 7. The van der Waals surface area contributed by atoms with Crippen molar-refractivity contribution in [2.45, 2.75) is 73.7 Å². The maximum absolute atomic E-state index is 14.4. The Bertz CT molecular complexity index is 7670. The summed E-state index contributed by atoms with van der Waals surface area (Å²) >= 11 is 0. The second kappa shape index (κ2) is 31.9. The molecule has 1 aliphatic carbocycles. The highest BCUT2D eigenvalue weighted by Gasteiger charge is 2.34. The molecular weight excluding hydrogens is 1570 g/mol. The number of aliphatic imine (C=N–C) groups is 2. The SMILES string of the molecule is Cc1cc(C)cc(-c2ccc3c4ccc(-c5cc(C)cc(Cc6cc(C)cc(C)c6-c6ccc7c(c6)c6cc(-c8ccc(C)cc8C)ccc6n7-c6ccc(=C7C=CC(C(F)(F)F)=CC7)c(=C7N=C(c8ccccc8)N=C(c8ccccc8)N7)c6)c5)cc4n(-c4ccc(-c5ccc(C(F)(F)F)cc5)c(-c5nc(-c6ccccc6)nc(-c6ccccc6)n5)c4)c3c2)c1. The molecule has 2 aliphatic rings. The molecule has 0 saturated carbocycles. The molecule has 1 aliphatic heterocycles. The van der Waals surface area contributed by atoms with E-state index in [0.29, 0.717) is 68.9 Å². The summed E-state index contributed by atoms with van der Waals surface area (Å²) in [4.78, 5) is 25.9. The number of halogens is 6. The zero-order valence-electron chi connectivity index (χ0n) is 70.1. The molecule has 1 N–H and O–H groups in total. The normalized spacial score (nSPS) is 14.0. The van der Waals surface area contributed by atoms with Crippen molar-refractivity contribution in [3.8, 4) is 101 Å². The van der Waals surface area contributed by atoms with Gasteiger partial charge in [-0.3, -0.25) is 0 Å². The van der Waals surface area contributed by atoms with Gasteiger partial charge in [-0.1, -0.05) is 295 Å². The first kappa shape index (κ1) is 79.3. The van der Waals surface area contributed by atoms with Crippen LogP contribution in [0.25, 0.3) is 156 Å². The summed E-state index contributed by atoms with van der Waals surface area (Å²) < 4.78 is 90.8. The summed E-state index contributed by atoms with van der Waals surface area (Å²) in [5, 5.41) is 9.15. The molecule has 0 fully saturated rings. The van der Waals surface area contributed by atoms with Gasteiger partial charge in [-0.15, -0.1) is 0 Å². The van der Waals surface area contributed by atoms with E-state index in [1.807, 2.05) is 140 Å². The number of aromatic nitrogens is 5. The highest BCUT2D eigenvalue weighted by Crippen LogP contribution is 2.45. The summed E-state index contributed by atoms with van der Waals surface area (Å²) in [6, 6.07) is 108. The Morgan fingerprint density at radius 3 is 1.46 bits per heavy atom. The third kappa shape index (κ3) is 15.3. The summed E-state index contributed by atoms with van der Waals surface area (Å²) in [6.45, 7) is 15.0. The number of hydrogen-bond acceptors (Lipinski definition) is 6. The number of nitrogens with one attached hydrogen (secondary N) is 1. The van der Waals surface area contributed by atoms with Gasteiger partial charge in [-0.05, 0) is 223 Å². The molecule has 0 atom stereocenters. The van der Waals surface area contributed by atoms with Crippen molar-refractivity contribution >= 4 is 66.7 Å². The Hall–Kier alpha value is -15.2. The third-order valence-corrected chi connectivity index (χ3v) is 24.2. The second-order valence-corrected chi connectivity index (χ2v) is 33.2. The Morgan fingerprint density at radius 2 is 0.857 bits per heavy atom. The van der Waals surface area contributed by atoms with E-state index in [0.717, 1.165) is 190 Å². The van der Waals surface area contributed by atoms with Crippen molar-refractivity contribution in [3.63, 3.8) is 0 Å². The topological polar surface area (TPSA) is 85.3 Å². The standard InChI is InChI=1S/C112H82F6N8/c1-66-28-43-91(71(6)51-66)82-35-48-100-96(60-82)97-61-83(36-49-101(97)125(100)89-41-46-92(74-29-37-87(38-30-74)111(113,114)115)98(64-89)109-121-105(76-20-12-8-13-21-76)119-106(122-109)77-22-14-9-15-23-77)104-72(7)52-69(4)57-86(104)59-73-53-70(5)56-85(58-73)81-34-45-95-94-44-33-80(84-54-67(2)50-68(3)55-84)62-102(94)126(103(95)63-81)90-42-47-93(75-31-39-88(40-32-75)112(116,117)118)99(65-90)110-123-107(78-24-16-10-17-25-78)120-108(124-110)79-26-18-11-19-27-79/h8-29,31-58,60-65H,30,59H2,1-7H3,(H,119,121,122). The molecule has 126 heavy (non-hydrogen) atoms. The lowest BCUT2D eigenvalue weighted by Gasteiger charge is -2.19. The summed E-state index contributed by atoms with van der Waals surface area (Å²) in [7, 11) is 0. The summed E-state index contributed by atoms with van der Waals surface area (Å²) in [5.41, 5.74) is 28.5. The Balaban J connectivity index is 0.737. The first-order valence-electron chi connectivity index (χ1n) is 42.1. The van der Waals surface area contributed by atoms with Gasteiger partial charge in [0.1, 0.15) is 11.7 Å². The van der Waals surface area contributed by atoms with E-state index in [-0.39, 0.29) is 6.42 Å². The van der Waals surface area contributed by atoms with Crippen molar-refractivity contribution in [3.05, 3.63) is 423 Å². The first-order valence-corrected chi connectivity index (χ1v) is 42.1. The van der Waals surface area contributed by atoms with Crippen LogP contribution in [-0.2, 0) is 12.6 Å². The van der Waals surface area contributed by atoms with Crippen molar-refractivity contribution in [2.24, 2.45) is 9.98 Å². The molecule has 15 aromatic carbocycles. The lowest BCUT2D eigenvalue weighted by Crippen LogP contribution is -2.38. The number of hydrogen-bond donors (Lipinski definition) is 1. The van der Waals surface area contributed by atoms with Crippen molar-refractivity contribution in [1.82, 2.24) is 29.4 Å². The van der Waals surface area contributed by atoms with Crippen LogP contribution in [0.4, 0.5) is 26.3 Å². The third-order valence-electron chi connectivity index (χ3n) is 24.2. The van der Waals surface area contributed by atoms with Gasteiger partial charge in [-0.2, -0.15) is 26.3 Å². The highest BCUT2D eigenvalue weighted by molar-refractivity contribution is 6.17. The van der Waals surface area contributed by atoms with Crippen LogP contribution in [0.15, 0.2) is 355 Å². The largest absolute Gasteiger partial charge is 0.416 e. The van der Waals surface area contributed by atoms with Crippen LogP contribution in [0.1, 0.15) is 73.2 Å². The molecule has 20 rings (SSSR count). The van der Waals surface area contributed by atoms with Crippen LogP contribution in [0.3, 0.4) is 0 Å². The highest BCUT2D eigenvalue weighted by atomic mass is 19.4. The monoisotopic (exact) mass is 1650 g/mol. The molecule has 0 unspecified atom stereocenters. The summed E-state index contributed by atoms with van der Waals surface area (Å²) in [6.07, 6.45) is -4.40. The maximum Gasteiger partial charge on any atom is 0.416 e. The fourth-order valence-corrected chi connectivity index (χ4v) is 18.5. The number of fused-ring (bicyclic) bond motifs is 6. The Morgan fingerprint density at radius 1 is 0.333 bits per heavy atom. The van der Waals surface area contributed by atoms with Crippen molar-refractivity contribution in [2.75, 3.05) is 0 Å². The number of amidine groups is 2. The van der Waals surface area contributed by atoms with Crippen molar-refractivity contribution < 1.29 is 26.3 Å². The van der Waals surface area contributed by atoms with E-state index in [1.54, 1.807) is 6.08 Å². The van der Waals surface area contributed by atoms with Crippen molar-refractivity contribution in [1.29, 1.82) is 0 Å². The Labute approximate surface area is 725 Å². The molecule has 0 spiro atoms. The zero-order valence-corrected chi connectivity index (χ0v) is 70.1. The van der Waals surface area contributed by atoms with Crippen LogP contribution in [0, 0.1) is 48.5 Å². The van der Waals surface area contributed by atoms with E-state index >= 15 is 0 Å². The first-order chi connectivity index (χ1) is 61.0. The van der Waals surface area contributed by atoms with Gasteiger partial charge in [-0.25, -0.2) is 24.9 Å². The lowest BCUT2D eigenvalue weighted by atomic mass is 9.88. The maximum atomic E-state index is 14.4. The van der Waals surface area contributed by atoms with Crippen LogP contribution >= 0.6 is 0 Å². The molecule has 0 amide bonds. The number of allylic oxidation sites excluding steroid dienone is 4. The van der Waals surface area contributed by atoms with E-state index in [1.165, 1.54) is 23.8 Å². The van der Waals surface area contributed by atoms with E-state index in [9.17, 15) is 26.3 Å². The van der Waals surface area contributed by atoms with Crippen LogP contribution in [0.5, 0.6) is 0 Å². The number of rotatable bonds is 14. The fourth-order valence-electron chi connectivity index (χ4n) is 18.5.